The van der Waals surface area contributed by atoms with Crippen molar-refractivity contribution in [2.75, 3.05) is 32.2 Å². The number of rotatable bonds is 25. The molecule has 5 N–H and O–H groups in total. The molecule has 0 aliphatic carbocycles. The van der Waals surface area contributed by atoms with E-state index in [0.29, 0.717) is 24.4 Å². The van der Waals surface area contributed by atoms with Crippen LogP contribution < -0.4 is 5.73 Å². The van der Waals surface area contributed by atoms with Crippen molar-refractivity contribution in [2.45, 2.75) is 121 Å². The Morgan fingerprint density at radius 2 is 1.63 bits per heavy atom. The van der Waals surface area contributed by atoms with Gasteiger partial charge in [0.15, 0.2) is 0 Å². The third-order valence-electron chi connectivity index (χ3n) is 9.18. The number of phosphoric acid groups is 1. The summed E-state index contributed by atoms with van der Waals surface area (Å²) in [7, 11) is -4.69. The first kappa shape index (κ1) is 40.9. The van der Waals surface area contributed by atoms with E-state index in [9.17, 15) is 24.9 Å². The zero-order chi connectivity index (χ0) is 36.5. The lowest BCUT2D eigenvalue weighted by atomic mass is 9.92. The summed E-state index contributed by atoms with van der Waals surface area (Å²) in [5.41, 5.74) is 5.94. The molecule has 1 aliphatic rings. The molecule has 1 aliphatic heterocycles. The number of nitrogen functional groups attached to an aromatic ring is 1. The number of aliphatic hydroxyl groups excluding tert-OH is 2. The van der Waals surface area contributed by atoms with Crippen LogP contribution in [0, 0.1) is 11.3 Å². The van der Waals surface area contributed by atoms with Gasteiger partial charge in [-0.3, -0.25) is 9.05 Å². The highest BCUT2D eigenvalue weighted by Gasteiger charge is 2.58. The lowest BCUT2D eigenvalue weighted by Crippen LogP contribution is -2.41. The Kier molecular flexibility index (Phi) is 16.8. The molecular formula is C37H55N4O9P. The maximum absolute atomic E-state index is 12.9. The summed E-state index contributed by atoms with van der Waals surface area (Å²) in [6.45, 7) is 2.21. The van der Waals surface area contributed by atoms with Crippen LogP contribution >= 0.6 is 7.82 Å². The summed E-state index contributed by atoms with van der Waals surface area (Å²) in [5, 5.41) is 36.1. The van der Waals surface area contributed by atoms with Crippen molar-refractivity contribution in [1.29, 1.82) is 5.26 Å². The molecule has 0 amide bonds. The number of nitriles is 1. The molecule has 0 saturated carbocycles. The first-order valence-corrected chi connectivity index (χ1v) is 19.7. The third-order valence-corrected chi connectivity index (χ3v) is 10.1. The van der Waals surface area contributed by atoms with Gasteiger partial charge in [-0.15, -0.1) is 0 Å². The molecule has 1 unspecified atom stereocenters. The second-order valence-corrected chi connectivity index (χ2v) is 14.6. The molecule has 13 nitrogen and oxygen atoms in total. The Morgan fingerprint density at radius 1 is 0.961 bits per heavy atom. The fraction of sp³-hybridized carbons (Fsp3) is 0.622. The van der Waals surface area contributed by atoms with Crippen LogP contribution in [0.15, 0.2) is 54.7 Å². The standard InChI is InChI=1S/C37H55N4O9P/c1-2-3-4-5-6-7-8-9-10-11-12-16-23-47-30(25-46-24-29-17-14-13-15-18-29)26-48-51(44,45)49-27-33-35(42)36(43)37(28-38,50-33)34-20-19-32-31(39)21-22-40-41(32)34/h13-15,17-22,30,33,35-36,42-43H,2-12,16,23-27,39H2,1H3,(H,44,45)/t30-,33-,35-,36-,37+/m1/s1. The fourth-order valence-electron chi connectivity index (χ4n) is 6.24. The maximum Gasteiger partial charge on any atom is 0.472 e. The number of anilines is 1. The van der Waals surface area contributed by atoms with Crippen LogP contribution in [-0.4, -0.2) is 75.6 Å². The highest BCUT2D eigenvalue weighted by molar-refractivity contribution is 7.47. The first-order chi connectivity index (χ1) is 24.7. The molecule has 1 aromatic carbocycles. The summed E-state index contributed by atoms with van der Waals surface area (Å²) in [6.07, 6.45) is 10.8. The molecule has 3 aromatic rings. The molecule has 4 rings (SSSR count). The van der Waals surface area contributed by atoms with Crippen LogP contribution in [0.25, 0.3) is 5.52 Å². The van der Waals surface area contributed by atoms with E-state index < -0.39 is 44.4 Å². The van der Waals surface area contributed by atoms with Crippen molar-refractivity contribution in [3.8, 4) is 6.07 Å². The van der Waals surface area contributed by atoms with E-state index >= 15 is 0 Å². The largest absolute Gasteiger partial charge is 0.472 e. The second kappa shape index (κ2) is 21.0. The van der Waals surface area contributed by atoms with Crippen LogP contribution in [0.2, 0.25) is 0 Å². The van der Waals surface area contributed by atoms with Gasteiger partial charge in [-0.1, -0.05) is 108 Å². The summed E-state index contributed by atoms with van der Waals surface area (Å²) in [5.74, 6) is 0. The molecule has 6 atom stereocenters. The van der Waals surface area contributed by atoms with Gasteiger partial charge in [-0.25, -0.2) is 9.08 Å². The molecule has 1 fully saturated rings. The monoisotopic (exact) mass is 730 g/mol. The topological polar surface area (TPSA) is 191 Å². The number of hydrogen-bond acceptors (Lipinski definition) is 11. The Bertz CT molecular complexity index is 1540. The quantitative estimate of drug-likeness (QED) is 0.0572. The molecular weight excluding hydrogens is 675 g/mol. The minimum absolute atomic E-state index is 0.123. The Balaban J connectivity index is 1.23. The van der Waals surface area contributed by atoms with Crippen molar-refractivity contribution >= 4 is 19.0 Å². The molecule has 51 heavy (non-hydrogen) atoms. The summed E-state index contributed by atoms with van der Waals surface area (Å²) < 4.78 is 42.5. The van der Waals surface area contributed by atoms with E-state index in [1.54, 1.807) is 12.1 Å². The second-order valence-electron chi connectivity index (χ2n) is 13.2. The average molecular weight is 731 g/mol. The number of phosphoric ester groups is 1. The number of aliphatic hydroxyl groups is 2. The highest BCUT2D eigenvalue weighted by Crippen LogP contribution is 2.46. The van der Waals surface area contributed by atoms with Crippen LogP contribution in [0.3, 0.4) is 0 Å². The smallest absolute Gasteiger partial charge is 0.397 e. The summed E-state index contributed by atoms with van der Waals surface area (Å²) in [4.78, 5) is 10.5. The first-order valence-electron chi connectivity index (χ1n) is 18.2. The van der Waals surface area contributed by atoms with Crippen molar-refractivity contribution in [1.82, 2.24) is 9.61 Å². The molecule has 2 aromatic heterocycles. The number of unbranched alkanes of at least 4 members (excludes halogenated alkanes) is 11. The Morgan fingerprint density at radius 3 is 2.29 bits per heavy atom. The van der Waals surface area contributed by atoms with Crippen molar-refractivity contribution in [2.24, 2.45) is 0 Å². The van der Waals surface area contributed by atoms with Gasteiger partial charge in [-0.05, 0) is 30.2 Å². The van der Waals surface area contributed by atoms with Crippen LogP contribution in [0.5, 0.6) is 0 Å². The fourth-order valence-corrected chi connectivity index (χ4v) is 7.00. The van der Waals surface area contributed by atoms with E-state index in [4.69, 9.17) is 29.0 Å². The molecule has 3 heterocycles. The number of ether oxygens (including phenoxy) is 3. The maximum atomic E-state index is 12.9. The Labute approximate surface area is 301 Å². The van der Waals surface area contributed by atoms with Gasteiger partial charge in [0.2, 0.25) is 5.60 Å². The highest BCUT2D eigenvalue weighted by atomic mass is 31.2. The molecule has 0 radical (unpaired) electrons. The number of nitrogens with two attached hydrogens (primary N) is 1. The predicted octanol–water partition coefficient (Wildman–Crippen LogP) is 6.19. The zero-order valence-electron chi connectivity index (χ0n) is 29.7. The van der Waals surface area contributed by atoms with Crippen molar-refractivity contribution in [3.05, 3.63) is 66.0 Å². The van der Waals surface area contributed by atoms with Crippen LogP contribution in [-0.2, 0) is 40.0 Å². The SMILES string of the molecule is CCCCCCCCCCCCCCO[C@H](COCc1ccccc1)COP(=O)(O)OC[C@H]1O[C@@](C#N)(c2ccc3c(N)ccnn23)[C@H](O)[C@@H]1O. The van der Waals surface area contributed by atoms with Gasteiger partial charge in [0.25, 0.3) is 0 Å². The van der Waals surface area contributed by atoms with E-state index in [-0.39, 0.29) is 18.9 Å². The van der Waals surface area contributed by atoms with Gasteiger partial charge >= 0.3 is 7.82 Å². The molecule has 14 heteroatoms. The lowest BCUT2D eigenvalue weighted by Gasteiger charge is -2.24. The normalized spacial score (nSPS) is 22.2. The van der Waals surface area contributed by atoms with E-state index in [1.165, 1.54) is 74.6 Å². The van der Waals surface area contributed by atoms with Crippen molar-refractivity contribution < 1.29 is 42.9 Å². The van der Waals surface area contributed by atoms with E-state index in [1.807, 2.05) is 36.4 Å². The zero-order valence-corrected chi connectivity index (χ0v) is 30.6. The number of benzene rings is 1. The molecule has 0 bridgehead atoms. The predicted molar refractivity (Wildman–Crippen MR) is 192 cm³/mol. The lowest BCUT2D eigenvalue weighted by molar-refractivity contribution is -0.0684. The van der Waals surface area contributed by atoms with E-state index in [0.717, 1.165) is 24.8 Å². The third kappa shape index (κ3) is 12.1. The molecule has 1 saturated heterocycles. The van der Waals surface area contributed by atoms with Crippen molar-refractivity contribution in [3.63, 3.8) is 0 Å². The summed E-state index contributed by atoms with van der Waals surface area (Å²) in [6, 6.07) is 16.3. The number of aromatic nitrogens is 2. The Hall–Kier alpha value is -2.89. The average Bonchev–Trinajstić information content (AvgIpc) is 3.68. The van der Waals surface area contributed by atoms with Crippen LogP contribution in [0.4, 0.5) is 5.69 Å². The molecule has 0 spiro atoms. The van der Waals surface area contributed by atoms with Gasteiger partial charge in [0.05, 0.1) is 43.3 Å². The van der Waals surface area contributed by atoms with Gasteiger partial charge in [0.1, 0.15) is 30.5 Å². The number of fused-ring (bicyclic) bond motifs is 1. The van der Waals surface area contributed by atoms with E-state index in [2.05, 4.69) is 12.0 Å². The molecule has 282 valence electrons. The summed E-state index contributed by atoms with van der Waals surface area (Å²) >= 11 is 0. The minimum atomic E-state index is -4.69. The van der Waals surface area contributed by atoms with Gasteiger partial charge in [-0.2, -0.15) is 10.4 Å². The number of hydrogen-bond donors (Lipinski definition) is 4. The van der Waals surface area contributed by atoms with Gasteiger partial charge in [0, 0.05) is 12.8 Å². The minimum Gasteiger partial charge on any atom is -0.397 e. The van der Waals surface area contributed by atoms with Crippen LogP contribution in [0.1, 0.15) is 95.2 Å². The number of nitrogens with zero attached hydrogens (tertiary/aromatic N) is 3. The van der Waals surface area contributed by atoms with Gasteiger partial charge < -0.3 is 35.1 Å².